The van der Waals surface area contributed by atoms with Crippen LogP contribution in [0.3, 0.4) is 0 Å². The topological polar surface area (TPSA) is 112 Å². The second-order valence-electron chi connectivity index (χ2n) is 8.19. The Kier molecular flexibility index (Phi) is 6.72. The van der Waals surface area contributed by atoms with E-state index in [1.54, 1.807) is 0 Å². The number of carbonyl (C=O) groups excluding carboxylic acids is 1. The number of amides is 1. The molecule has 0 bridgehead atoms. The number of carbonyl (C=O) groups is 1. The molecule has 7 nitrogen and oxygen atoms in total. The number of benzene rings is 2. The Labute approximate surface area is 192 Å². The fourth-order valence-electron chi connectivity index (χ4n) is 4.06. The second kappa shape index (κ2) is 9.85. The van der Waals surface area contributed by atoms with Crippen LogP contribution in [0.5, 0.6) is 0 Å². The Morgan fingerprint density at radius 2 is 1.91 bits per heavy atom. The number of hydrogen-bond donors (Lipinski definition) is 3. The Bertz CT molecular complexity index is 1300. The monoisotopic (exact) mass is 448 g/mol. The van der Waals surface area contributed by atoms with Gasteiger partial charge < -0.3 is 21.4 Å². The molecule has 0 spiro atoms. The van der Waals surface area contributed by atoms with Gasteiger partial charge in [-0.25, -0.2) is 14.4 Å². The number of rotatable bonds is 9. The molecular weight excluding hydrogens is 419 g/mol. The summed E-state index contributed by atoms with van der Waals surface area (Å²) in [4.78, 5) is 21.7. The molecule has 0 unspecified atom stereocenters. The van der Waals surface area contributed by atoms with Crippen molar-refractivity contribution in [2.24, 2.45) is 0 Å². The van der Waals surface area contributed by atoms with Crippen molar-refractivity contribution in [2.75, 3.05) is 18.0 Å². The maximum atomic E-state index is 13.3. The number of fused-ring (bicyclic) bond motifs is 3. The van der Waals surface area contributed by atoms with Gasteiger partial charge in [-0.05, 0) is 43.5 Å². The van der Waals surface area contributed by atoms with E-state index in [0.717, 1.165) is 66.4 Å². The van der Waals surface area contributed by atoms with Gasteiger partial charge in [-0.1, -0.05) is 31.5 Å². The average molecular weight is 449 g/mol. The number of nitrogens with zero attached hydrogens (tertiary/aromatic N) is 3. The number of pyridine rings is 1. The summed E-state index contributed by atoms with van der Waals surface area (Å²) in [5, 5.41) is 3.92. The van der Waals surface area contributed by atoms with Gasteiger partial charge in [0.15, 0.2) is 5.82 Å². The highest BCUT2D eigenvalue weighted by molar-refractivity contribution is 6.06. The van der Waals surface area contributed by atoms with Crippen LogP contribution >= 0.6 is 0 Å². The number of nitrogens with two attached hydrogens (primary N) is 2. The van der Waals surface area contributed by atoms with Crippen molar-refractivity contribution in [3.63, 3.8) is 0 Å². The summed E-state index contributed by atoms with van der Waals surface area (Å²) in [5.41, 5.74) is 14.8. The predicted molar refractivity (Wildman–Crippen MR) is 130 cm³/mol. The van der Waals surface area contributed by atoms with Gasteiger partial charge in [-0.3, -0.25) is 4.79 Å². The molecule has 0 atom stereocenters. The molecule has 0 aliphatic rings. The lowest BCUT2D eigenvalue weighted by molar-refractivity contribution is 0.0953. The number of unbranched alkanes of at least 4 members (excludes halogenated alkanes) is 2. The second-order valence-corrected chi connectivity index (χ2v) is 8.19. The Morgan fingerprint density at radius 1 is 1.09 bits per heavy atom. The van der Waals surface area contributed by atoms with Crippen LogP contribution in [0.1, 0.15) is 48.8 Å². The van der Waals surface area contributed by atoms with Gasteiger partial charge in [0.2, 0.25) is 0 Å². The number of para-hydroxylation sites is 1. The summed E-state index contributed by atoms with van der Waals surface area (Å²) in [7, 11) is 0. The quantitative estimate of drug-likeness (QED) is 0.259. The molecule has 2 aromatic heterocycles. The average Bonchev–Trinajstić information content (AvgIpc) is 3.18. The molecule has 0 aliphatic heterocycles. The zero-order valence-corrected chi connectivity index (χ0v) is 18.8. The van der Waals surface area contributed by atoms with Crippen molar-refractivity contribution < 1.29 is 9.18 Å². The summed E-state index contributed by atoms with van der Waals surface area (Å²) in [5.74, 6) is 0.679. The molecule has 0 fully saturated rings. The van der Waals surface area contributed by atoms with Crippen molar-refractivity contribution in [3.05, 3.63) is 59.7 Å². The first-order chi connectivity index (χ1) is 16.0. The highest BCUT2D eigenvalue weighted by Crippen LogP contribution is 2.29. The van der Waals surface area contributed by atoms with Crippen molar-refractivity contribution in [1.82, 2.24) is 19.9 Å². The number of aryl methyl sites for hydroxylation is 2. The van der Waals surface area contributed by atoms with E-state index in [9.17, 15) is 9.18 Å². The van der Waals surface area contributed by atoms with Crippen LogP contribution in [0.25, 0.3) is 21.9 Å². The van der Waals surface area contributed by atoms with E-state index in [-0.39, 0.29) is 11.6 Å². The van der Waals surface area contributed by atoms with Crippen LogP contribution in [0.15, 0.2) is 42.5 Å². The normalized spacial score (nSPS) is 11.3. The van der Waals surface area contributed by atoms with Crippen molar-refractivity contribution >= 4 is 39.3 Å². The van der Waals surface area contributed by atoms with Gasteiger partial charge in [0.05, 0.1) is 16.7 Å². The summed E-state index contributed by atoms with van der Waals surface area (Å²) in [6, 6.07) is 12.0. The van der Waals surface area contributed by atoms with Gasteiger partial charge in [0, 0.05) is 30.5 Å². The molecule has 4 rings (SSSR count). The molecule has 0 aliphatic carbocycles. The molecule has 0 saturated carbocycles. The minimum absolute atomic E-state index is 0.0322. The van der Waals surface area contributed by atoms with Gasteiger partial charge in [0.25, 0.3) is 5.91 Å². The smallest absolute Gasteiger partial charge is 0.251 e. The molecule has 1 amide bonds. The highest BCUT2D eigenvalue weighted by Gasteiger charge is 2.17. The van der Waals surface area contributed by atoms with Crippen molar-refractivity contribution in [3.8, 4) is 0 Å². The first-order valence-corrected chi connectivity index (χ1v) is 11.4. The van der Waals surface area contributed by atoms with Crippen molar-refractivity contribution in [2.45, 2.75) is 45.6 Å². The number of nitrogen functional groups attached to an aromatic ring is 2. The Morgan fingerprint density at radius 3 is 2.70 bits per heavy atom. The largest absolute Gasteiger partial charge is 0.396 e. The summed E-state index contributed by atoms with van der Waals surface area (Å²) < 4.78 is 15.6. The Hall–Kier alpha value is -3.68. The van der Waals surface area contributed by atoms with E-state index in [1.165, 1.54) is 18.2 Å². The minimum Gasteiger partial charge on any atom is -0.396 e. The molecule has 0 saturated heterocycles. The standard InChI is InChI=1S/C25H29FN6O/c1-2-3-10-21-31-22-23(17-8-4-5-9-20(17)30-24(22)28)32(21)14-7-6-13-29-25(33)16-11-12-18(26)19(27)15-16/h4-5,8-9,11-12,15H,2-3,6-7,10,13-14,27H2,1H3,(H2,28,30)(H,29,33). The van der Waals surface area contributed by atoms with Crippen molar-refractivity contribution in [1.29, 1.82) is 0 Å². The van der Waals surface area contributed by atoms with Gasteiger partial charge in [-0.2, -0.15) is 0 Å². The molecule has 0 radical (unpaired) electrons. The van der Waals surface area contributed by atoms with E-state index >= 15 is 0 Å². The van der Waals surface area contributed by atoms with Crippen LogP contribution in [-0.4, -0.2) is 27.0 Å². The van der Waals surface area contributed by atoms with Crippen LogP contribution < -0.4 is 16.8 Å². The van der Waals surface area contributed by atoms with Crippen LogP contribution in [-0.2, 0) is 13.0 Å². The summed E-state index contributed by atoms with van der Waals surface area (Å²) in [6.07, 6.45) is 4.64. The van der Waals surface area contributed by atoms with E-state index in [0.29, 0.717) is 17.9 Å². The zero-order chi connectivity index (χ0) is 23.4. The Balaban J connectivity index is 1.48. The third kappa shape index (κ3) is 4.74. The van der Waals surface area contributed by atoms with Crippen LogP contribution in [0.2, 0.25) is 0 Å². The molecule has 8 heteroatoms. The van der Waals surface area contributed by atoms with Gasteiger partial charge in [0.1, 0.15) is 17.2 Å². The number of aromatic nitrogens is 3. The van der Waals surface area contributed by atoms with E-state index < -0.39 is 5.82 Å². The van der Waals surface area contributed by atoms with Crippen LogP contribution in [0.4, 0.5) is 15.9 Å². The summed E-state index contributed by atoms with van der Waals surface area (Å²) >= 11 is 0. The van der Waals surface area contributed by atoms with E-state index in [2.05, 4.69) is 27.9 Å². The lowest BCUT2D eigenvalue weighted by Crippen LogP contribution is -2.24. The van der Waals surface area contributed by atoms with Gasteiger partial charge >= 0.3 is 0 Å². The molecule has 5 N–H and O–H groups in total. The maximum Gasteiger partial charge on any atom is 0.251 e. The molecule has 33 heavy (non-hydrogen) atoms. The number of halogens is 1. The lowest BCUT2D eigenvalue weighted by atomic mass is 10.1. The first-order valence-electron chi connectivity index (χ1n) is 11.4. The fraction of sp³-hybridized carbons (Fsp3) is 0.320. The summed E-state index contributed by atoms with van der Waals surface area (Å²) in [6.45, 7) is 3.44. The van der Waals surface area contributed by atoms with Gasteiger partial charge in [-0.15, -0.1) is 0 Å². The zero-order valence-electron chi connectivity index (χ0n) is 18.8. The van der Waals surface area contributed by atoms with E-state index in [4.69, 9.17) is 16.5 Å². The lowest BCUT2D eigenvalue weighted by Gasteiger charge is -2.11. The first kappa shape index (κ1) is 22.5. The number of hydrogen-bond acceptors (Lipinski definition) is 5. The molecule has 172 valence electrons. The maximum absolute atomic E-state index is 13.3. The third-order valence-corrected chi connectivity index (χ3v) is 5.80. The SMILES string of the molecule is CCCCc1nc2c(N)nc3ccccc3c2n1CCCCNC(=O)c1ccc(F)c(N)c1. The molecule has 4 aromatic rings. The fourth-order valence-corrected chi connectivity index (χ4v) is 4.06. The molecule has 2 heterocycles. The van der Waals surface area contributed by atoms with E-state index in [1.807, 2.05) is 18.2 Å². The molecule has 2 aromatic carbocycles. The number of nitrogens with one attached hydrogen (secondary N) is 1. The number of anilines is 2. The van der Waals surface area contributed by atoms with Crippen LogP contribution in [0, 0.1) is 5.82 Å². The highest BCUT2D eigenvalue weighted by atomic mass is 19.1. The molecular formula is C25H29FN6O. The third-order valence-electron chi connectivity index (χ3n) is 5.80. The number of imidazole rings is 1. The predicted octanol–water partition coefficient (Wildman–Crippen LogP) is 4.44. The minimum atomic E-state index is -0.527.